The Balaban J connectivity index is 0.000000120. The van der Waals surface area contributed by atoms with Crippen LogP contribution in [-0.2, 0) is 4.79 Å². The average molecular weight is 1360 g/mol. The molecule has 0 radical (unpaired) electrons. The van der Waals surface area contributed by atoms with E-state index in [1.54, 1.807) is 58.1 Å². The van der Waals surface area contributed by atoms with Crippen LogP contribution in [0.1, 0.15) is 108 Å². The number of piperidine rings is 2. The lowest BCUT2D eigenvalue weighted by molar-refractivity contribution is -0.134. The van der Waals surface area contributed by atoms with Gasteiger partial charge in [-0.05, 0) is 99.9 Å². The zero-order chi connectivity index (χ0) is 67.3. The summed E-state index contributed by atoms with van der Waals surface area (Å²) in [5.41, 5.74) is 32.8. The van der Waals surface area contributed by atoms with Crippen molar-refractivity contribution in [1.82, 2.24) is 93.7 Å². The maximum absolute atomic E-state index is 12.7. The fourth-order valence-corrected chi connectivity index (χ4v) is 14.8. The van der Waals surface area contributed by atoms with Gasteiger partial charge in [0, 0.05) is 90.0 Å². The minimum Gasteiger partial charge on any atom is -0.495 e. The summed E-state index contributed by atoms with van der Waals surface area (Å²) in [6, 6.07) is 27.3. The molecular formula is C68H67ClN22O6S. The molecule has 14 aromatic rings. The number of hydrogen-bond donors (Lipinski definition) is 9. The number of nitrogens with one attached hydrogen (secondary N) is 5. The molecule has 98 heavy (non-hydrogen) atoms. The van der Waals surface area contributed by atoms with Crippen LogP contribution in [0, 0.1) is 5.92 Å². The lowest BCUT2D eigenvalue weighted by Gasteiger charge is -2.31. The highest BCUT2D eigenvalue weighted by molar-refractivity contribution is 7.07. The number of carbonyl (C=O) groups excluding carboxylic acids is 3. The maximum atomic E-state index is 12.7. The van der Waals surface area contributed by atoms with Crippen molar-refractivity contribution in [3.8, 4) is 45.7 Å². The maximum Gasteiger partial charge on any atom is 0.273 e. The number of likely N-dealkylation sites (tertiary alicyclic amines) is 2. The number of imidazole rings is 3. The number of nitrogen functional groups attached to an aromatic ring is 3. The molecule has 3 amide bonds. The molecule has 30 heteroatoms. The van der Waals surface area contributed by atoms with Crippen LogP contribution in [0.25, 0.3) is 83.4 Å². The van der Waals surface area contributed by atoms with Gasteiger partial charge in [0.15, 0.2) is 11.6 Å². The highest BCUT2D eigenvalue weighted by Crippen LogP contribution is 2.42. The number of methoxy groups -OCH3 is 2. The molecule has 498 valence electrons. The number of ether oxygens (including phenoxy) is 2. The lowest BCUT2D eigenvalue weighted by atomic mass is 9.81. The number of carbonyl (C=O) groups is 3. The Morgan fingerprint density at radius 1 is 0.592 bits per heavy atom. The van der Waals surface area contributed by atoms with Crippen LogP contribution < -0.4 is 32.2 Å². The number of para-hydroxylation sites is 3. The van der Waals surface area contributed by atoms with Crippen molar-refractivity contribution >= 4 is 107 Å². The largest absolute Gasteiger partial charge is 0.495 e. The van der Waals surface area contributed by atoms with Crippen LogP contribution in [0.5, 0.6) is 11.5 Å². The Morgan fingerprint density at radius 3 is 1.60 bits per heavy atom. The van der Waals surface area contributed by atoms with Gasteiger partial charge in [-0.2, -0.15) is 10.2 Å². The van der Waals surface area contributed by atoms with Gasteiger partial charge in [-0.1, -0.05) is 48.0 Å². The molecule has 17 rings (SSSR count). The van der Waals surface area contributed by atoms with Gasteiger partial charge >= 0.3 is 0 Å². The van der Waals surface area contributed by atoms with E-state index < -0.39 is 0 Å². The van der Waals surface area contributed by atoms with Gasteiger partial charge in [0.2, 0.25) is 5.91 Å². The molecular weight excluding hydrogens is 1290 g/mol. The number of aromatic amines is 4. The molecule has 2 aliphatic heterocycles. The Labute approximate surface area is 566 Å². The minimum atomic E-state index is -0.314. The molecule has 3 aliphatic rings. The topological polar surface area (TPSA) is 379 Å². The zero-order valence-electron chi connectivity index (χ0n) is 53.2. The highest BCUT2D eigenvalue weighted by Gasteiger charge is 2.34. The van der Waals surface area contributed by atoms with Crippen molar-refractivity contribution in [3.05, 3.63) is 161 Å². The second-order valence-electron chi connectivity index (χ2n) is 24.5. The second-order valence-corrected chi connectivity index (χ2v) is 25.6. The normalized spacial score (nSPS) is 16.2. The van der Waals surface area contributed by atoms with Crippen molar-refractivity contribution in [1.29, 1.82) is 0 Å². The number of fused-ring (bicyclic) bond motifs is 6. The van der Waals surface area contributed by atoms with Gasteiger partial charge in [-0.3, -0.25) is 24.0 Å². The van der Waals surface area contributed by atoms with Gasteiger partial charge in [0.1, 0.15) is 92.5 Å². The van der Waals surface area contributed by atoms with Crippen LogP contribution in [-0.4, -0.2) is 152 Å². The Bertz CT molecular complexity index is 5050. The number of halogens is 1. The summed E-state index contributed by atoms with van der Waals surface area (Å²) >= 11 is 7.77. The summed E-state index contributed by atoms with van der Waals surface area (Å²) < 4.78 is 16.6. The number of nitrogens with two attached hydrogens (primary N) is 3. The number of aromatic nitrogens is 16. The Morgan fingerprint density at radius 2 is 1.09 bits per heavy atom. The standard InChI is InChI=1S/C24H24N8O2.C23H22N8O2S.C21H21ClN6O2/c1-34-18-6-2-4-15-12-17(29-19(15)18)20-21-22(25)27-13-28-32(21)23(30-20)14-7-10-31(11-8-14)24(33)16-5-3-9-26-16;1-33-17-4-2-3-14-9-15(28-18(14)17)19-20-21(24)25-11-27-31(20)22(29-19)13-5-7-30(8-6-13)23(32)16-10-34-12-26-16;22-14-3-1-2-13-10-15(25-16(13)14)17-18-19(23)24-8-9-28(18)20(26-17)11-4-6-12(7-5-11)21(29)27-30/h2-6,9,12-14,26,29H,7-8,10-11H2,1H3,(H2,25,27,28);2-4,9-13,28H,5-8H2,1H3,(H2,24,25,27);1-3,8-12,25,30H,4-7H2,(H2,23,24)(H,27,29). The first-order valence-electron chi connectivity index (χ1n) is 32.1. The van der Waals surface area contributed by atoms with Crippen LogP contribution in [0.15, 0.2) is 127 Å². The number of thiazole rings is 1. The second kappa shape index (κ2) is 26.3. The lowest BCUT2D eigenvalue weighted by Crippen LogP contribution is -2.38. The third kappa shape index (κ3) is 11.5. The van der Waals surface area contributed by atoms with E-state index in [0.717, 1.165) is 128 Å². The highest BCUT2D eigenvalue weighted by atomic mass is 35.5. The number of amides is 3. The van der Waals surface area contributed by atoms with E-state index >= 15 is 0 Å². The smallest absolute Gasteiger partial charge is 0.273 e. The van der Waals surface area contributed by atoms with Crippen LogP contribution in [0.3, 0.4) is 0 Å². The van der Waals surface area contributed by atoms with Gasteiger partial charge in [-0.25, -0.2) is 49.4 Å². The molecule has 3 fully saturated rings. The first-order chi connectivity index (χ1) is 47.8. The fourth-order valence-electron chi connectivity index (χ4n) is 14.0. The summed E-state index contributed by atoms with van der Waals surface area (Å²) in [7, 11) is 3.30. The summed E-state index contributed by atoms with van der Waals surface area (Å²) in [6.45, 7) is 2.57. The quantitative estimate of drug-likeness (QED) is 0.0429. The van der Waals surface area contributed by atoms with Crippen molar-refractivity contribution in [2.75, 3.05) is 57.6 Å². The molecule has 0 atom stereocenters. The third-order valence-corrected chi connectivity index (χ3v) is 19.9. The monoisotopic (exact) mass is 1350 g/mol. The van der Waals surface area contributed by atoms with E-state index in [2.05, 4.69) is 50.1 Å². The van der Waals surface area contributed by atoms with Gasteiger partial charge in [0.05, 0.1) is 58.4 Å². The number of hydrogen-bond acceptors (Lipinski definition) is 19. The minimum absolute atomic E-state index is 0.0213. The molecule has 1 aliphatic carbocycles. The predicted molar refractivity (Wildman–Crippen MR) is 371 cm³/mol. The number of nitrogens with zero attached hydrogens (tertiary/aromatic N) is 14. The molecule has 11 aromatic heterocycles. The summed E-state index contributed by atoms with van der Waals surface area (Å²) in [4.78, 5) is 86.0. The number of H-pyrrole nitrogens is 4. The first kappa shape index (κ1) is 62.7. The Hall–Kier alpha value is -11.4. The molecule has 0 bridgehead atoms. The molecule has 3 aromatic carbocycles. The van der Waals surface area contributed by atoms with E-state index in [0.29, 0.717) is 95.3 Å². The molecule has 28 nitrogen and oxygen atoms in total. The molecule has 13 heterocycles. The van der Waals surface area contributed by atoms with Gasteiger partial charge in [0.25, 0.3) is 11.8 Å². The first-order valence-corrected chi connectivity index (χ1v) is 33.4. The number of benzene rings is 3. The van der Waals surface area contributed by atoms with Crippen LogP contribution in [0.2, 0.25) is 5.02 Å². The molecule has 12 N–H and O–H groups in total. The van der Waals surface area contributed by atoms with Gasteiger partial charge in [-0.15, -0.1) is 11.3 Å². The summed E-state index contributed by atoms with van der Waals surface area (Å²) in [5.74, 6) is 5.20. The van der Waals surface area contributed by atoms with E-state index in [1.165, 1.54) is 24.0 Å². The van der Waals surface area contributed by atoms with E-state index in [4.69, 9.17) is 58.4 Å². The third-order valence-electron chi connectivity index (χ3n) is 19.0. The predicted octanol–water partition coefficient (Wildman–Crippen LogP) is 10.4. The number of hydroxylamine groups is 1. The molecule has 0 spiro atoms. The van der Waals surface area contributed by atoms with Crippen LogP contribution in [0.4, 0.5) is 17.5 Å². The van der Waals surface area contributed by atoms with Crippen molar-refractivity contribution in [2.24, 2.45) is 5.92 Å². The average Bonchev–Trinajstić information content (AvgIpc) is 1.61. The molecule has 0 unspecified atom stereocenters. The van der Waals surface area contributed by atoms with Crippen molar-refractivity contribution in [3.63, 3.8) is 0 Å². The zero-order valence-corrected chi connectivity index (χ0v) is 54.8. The number of rotatable bonds is 11. The van der Waals surface area contributed by atoms with Crippen LogP contribution >= 0.6 is 22.9 Å². The summed E-state index contributed by atoms with van der Waals surface area (Å²) in [5, 5.41) is 23.3. The van der Waals surface area contributed by atoms with Crippen molar-refractivity contribution < 1.29 is 29.1 Å². The summed E-state index contributed by atoms with van der Waals surface area (Å²) in [6.07, 6.45) is 14.3. The van der Waals surface area contributed by atoms with E-state index in [1.807, 2.05) is 99.3 Å². The SMILES string of the molecule is COc1cccc2cc(-c3nc(C4CCN(C(=O)c5ccc[nH]5)CC4)n4ncnc(N)c34)[nH]c12.COc1cccc2cc(-c3nc(C4CCN(C(=O)c5cscn5)CC4)n4ncnc(N)c34)[nH]c12.Nc1nccn2c(C3CCC(C(=O)NO)CC3)nc(-c3cc4cccc(Cl)c4[nH]3)c12. The number of anilines is 3. The molecule has 1 saturated carbocycles. The fraction of sp³-hybridized carbons (Fsp3) is 0.265. The van der Waals surface area contributed by atoms with E-state index in [9.17, 15) is 14.4 Å². The van der Waals surface area contributed by atoms with Crippen molar-refractivity contribution in [2.45, 2.75) is 69.1 Å². The van der Waals surface area contributed by atoms with Gasteiger partial charge < -0.3 is 56.4 Å². The molecule has 2 saturated heterocycles. The van der Waals surface area contributed by atoms with E-state index in [-0.39, 0.29) is 41.4 Å². The Kier molecular flexibility index (Phi) is 16.8.